The molecule has 0 aliphatic carbocycles. The molecular formula is C16H26N2O3. The van der Waals surface area contributed by atoms with Crippen molar-refractivity contribution in [2.24, 2.45) is 5.73 Å². The summed E-state index contributed by atoms with van der Waals surface area (Å²) in [7, 11) is 0. The molecule has 21 heavy (non-hydrogen) atoms. The molecule has 1 aromatic rings. The predicted octanol–water partition coefficient (Wildman–Crippen LogP) is 1.88. The summed E-state index contributed by atoms with van der Waals surface area (Å²) in [5.41, 5.74) is 6.63. The molecule has 0 radical (unpaired) electrons. The summed E-state index contributed by atoms with van der Waals surface area (Å²) in [6, 6.07) is 5.90. The molecule has 1 rings (SSSR count). The molecule has 0 spiro atoms. The second kappa shape index (κ2) is 9.23. The molecule has 0 aromatic heterocycles. The van der Waals surface area contributed by atoms with E-state index in [1.807, 2.05) is 39.0 Å². The zero-order valence-corrected chi connectivity index (χ0v) is 13.1. The molecule has 5 heteroatoms. The molecule has 0 fully saturated rings. The molecule has 0 saturated heterocycles. The number of hydrogen-bond donors (Lipinski definition) is 2. The topological polar surface area (TPSA) is 73.6 Å². The highest BCUT2D eigenvalue weighted by Crippen LogP contribution is 2.31. The van der Waals surface area contributed by atoms with Crippen molar-refractivity contribution in [3.63, 3.8) is 0 Å². The van der Waals surface area contributed by atoms with E-state index in [1.54, 1.807) is 0 Å². The SMILES string of the molecule is CCOc1cccc(CCN)c1OCCC(=O)NC(C)C. The predicted molar refractivity (Wildman–Crippen MR) is 83.8 cm³/mol. The quantitative estimate of drug-likeness (QED) is 0.729. The third-order valence-electron chi connectivity index (χ3n) is 2.80. The number of carbonyl (C=O) groups is 1. The highest BCUT2D eigenvalue weighted by atomic mass is 16.5. The van der Waals surface area contributed by atoms with Crippen LogP contribution in [0.4, 0.5) is 0 Å². The summed E-state index contributed by atoms with van der Waals surface area (Å²) < 4.78 is 11.4. The van der Waals surface area contributed by atoms with E-state index in [0.29, 0.717) is 44.1 Å². The summed E-state index contributed by atoms with van der Waals surface area (Å²) in [5, 5.41) is 2.84. The number of hydrogen-bond acceptors (Lipinski definition) is 4. The van der Waals surface area contributed by atoms with Gasteiger partial charge in [0.15, 0.2) is 11.5 Å². The number of nitrogens with one attached hydrogen (secondary N) is 1. The molecule has 1 aromatic carbocycles. The zero-order chi connectivity index (χ0) is 15.7. The molecule has 0 unspecified atom stereocenters. The Kier molecular flexibility index (Phi) is 7.61. The Bertz CT molecular complexity index is 423. The molecule has 0 saturated carbocycles. The van der Waals surface area contributed by atoms with Crippen LogP contribution in [0.3, 0.4) is 0 Å². The van der Waals surface area contributed by atoms with E-state index in [-0.39, 0.29) is 11.9 Å². The average molecular weight is 294 g/mol. The van der Waals surface area contributed by atoms with Crippen LogP contribution in [0.5, 0.6) is 11.5 Å². The Morgan fingerprint density at radius 3 is 2.71 bits per heavy atom. The second-order valence-electron chi connectivity index (χ2n) is 5.04. The van der Waals surface area contributed by atoms with Crippen molar-refractivity contribution in [1.29, 1.82) is 0 Å². The van der Waals surface area contributed by atoms with Gasteiger partial charge in [-0.05, 0) is 45.4 Å². The highest BCUT2D eigenvalue weighted by Gasteiger charge is 2.11. The van der Waals surface area contributed by atoms with E-state index in [0.717, 1.165) is 5.56 Å². The van der Waals surface area contributed by atoms with Gasteiger partial charge in [-0.15, -0.1) is 0 Å². The highest BCUT2D eigenvalue weighted by molar-refractivity contribution is 5.76. The number of nitrogens with two attached hydrogens (primary N) is 1. The monoisotopic (exact) mass is 294 g/mol. The smallest absolute Gasteiger partial charge is 0.223 e. The summed E-state index contributed by atoms with van der Waals surface area (Å²) in [6.07, 6.45) is 1.04. The van der Waals surface area contributed by atoms with Crippen molar-refractivity contribution in [1.82, 2.24) is 5.32 Å². The van der Waals surface area contributed by atoms with Crippen LogP contribution < -0.4 is 20.5 Å². The van der Waals surface area contributed by atoms with Crippen molar-refractivity contribution >= 4 is 5.91 Å². The maximum atomic E-state index is 11.6. The maximum absolute atomic E-state index is 11.6. The van der Waals surface area contributed by atoms with E-state index in [1.165, 1.54) is 0 Å². The molecule has 0 aliphatic rings. The molecular weight excluding hydrogens is 268 g/mol. The van der Waals surface area contributed by atoms with Crippen molar-refractivity contribution in [2.45, 2.75) is 39.7 Å². The molecule has 0 atom stereocenters. The van der Waals surface area contributed by atoms with Gasteiger partial charge in [-0.2, -0.15) is 0 Å². The van der Waals surface area contributed by atoms with Gasteiger partial charge in [0.1, 0.15) is 0 Å². The number of rotatable bonds is 9. The number of ether oxygens (including phenoxy) is 2. The first-order valence-electron chi connectivity index (χ1n) is 7.45. The first-order valence-corrected chi connectivity index (χ1v) is 7.45. The van der Waals surface area contributed by atoms with Gasteiger partial charge in [0.2, 0.25) is 5.91 Å². The van der Waals surface area contributed by atoms with Gasteiger partial charge in [0.25, 0.3) is 0 Å². The molecule has 1 amide bonds. The molecule has 118 valence electrons. The van der Waals surface area contributed by atoms with Gasteiger partial charge < -0.3 is 20.5 Å². The lowest BCUT2D eigenvalue weighted by Gasteiger charge is -2.16. The van der Waals surface area contributed by atoms with Crippen LogP contribution in [0.15, 0.2) is 18.2 Å². The lowest BCUT2D eigenvalue weighted by molar-refractivity contribution is -0.122. The molecule has 0 aliphatic heterocycles. The summed E-state index contributed by atoms with van der Waals surface area (Å²) >= 11 is 0. The Hall–Kier alpha value is -1.75. The van der Waals surface area contributed by atoms with Gasteiger partial charge in [0.05, 0.1) is 19.6 Å². The fourth-order valence-corrected chi connectivity index (χ4v) is 1.99. The Balaban J connectivity index is 2.68. The van der Waals surface area contributed by atoms with Crippen LogP contribution in [0.25, 0.3) is 0 Å². The van der Waals surface area contributed by atoms with Crippen LogP contribution in [-0.4, -0.2) is 31.7 Å². The first kappa shape index (κ1) is 17.3. The number of benzene rings is 1. The Morgan fingerprint density at radius 1 is 1.33 bits per heavy atom. The van der Waals surface area contributed by atoms with E-state index >= 15 is 0 Å². The van der Waals surface area contributed by atoms with E-state index in [9.17, 15) is 4.79 Å². The zero-order valence-electron chi connectivity index (χ0n) is 13.1. The summed E-state index contributed by atoms with van der Waals surface area (Å²) in [5.74, 6) is 1.38. The molecule has 5 nitrogen and oxygen atoms in total. The van der Waals surface area contributed by atoms with Crippen molar-refractivity contribution < 1.29 is 14.3 Å². The van der Waals surface area contributed by atoms with Crippen LogP contribution in [-0.2, 0) is 11.2 Å². The average Bonchev–Trinajstić information content (AvgIpc) is 2.41. The van der Waals surface area contributed by atoms with Gasteiger partial charge in [0, 0.05) is 6.04 Å². The van der Waals surface area contributed by atoms with E-state index < -0.39 is 0 Å². The standard InChI is InChI=1S/C16H26N2O3/c1-4-20-14-7-5-6-13(8-10-17)16(14)21-11-9-15(19)18-12(2)3/h5-7,12H,4,8-11,17H2,1-3H3,(H,18,19). The lowest BCUT2D eigenvalue weighted by Crippen LogP contribution is -2.31. The lowest BCUT2D eigenvalue weighted by atomic mass is 10.1. The maximum Gasteiger partial charge on any atom is 0.223 e. The van der Waals surface area contributed by atoms with Crippen LogP contribution in [0, 0.1) is 0 Å². The molecule has 3 N–H and O–H groups in total. The van der Waals surface area contributed by atoms with Crippen molar-refractivity contribution in [3.05, 3.63) is 23.8 Å². The van der Waals surface area contributed by atoms with Crippen molar-refractivity contribution in [2.75, 3.05) is 19.8 Å². The minimum atomic E-state index is -0.0146. The minimum Gasteiger partial charge on any atom is -0.490 e. The van der Waals surface area contributed by atoms with Gasteiger partial charge in [-0.25, -0.2) is 0 Å². The van der Waals surface area contributed by atoms with E-state index in [2.05, 4.69) is 5.32 Å². The summed E-state index contributed by atoms with van der Waals surface area (Å²) in [6.45, 7) is 7.22. The van der Waals surface area contributed by atoms with Crippen LogP contribution >= 0.6 is 0 Å². The van der Waals surface area contributed by atoms with Gasteiger partial charge >= 0.3 is 0 Å². The normalized spacial score (nSPS) is 10.5. The van der Waals surface area contributed by atoms with Crippen LogP contribution in [0.1, 0.15) is 32.8 Å². The third kappa shape index (κ3) is 6.04. The largest absolute Gasteiger partial charge is 0.490 e. The fourth-order valence-electron chi connectivity index (χ4n) is 1.99. The third-order valence-corrected chi connectivity index (χ3v) is 2.80. The minimum absolute atomic E-state index is 0.0146. The Labute approximate surface area is 126 Å². The number of para-hydroxylation sites is 1. The molecule has 0 heterocycles. The first-order chi connectivity index (χ1) is 10.1. The Morgan fingerprint density at radius 2 is 2.10 bits per heavy atom. The molecule has 0 bridgehead atoms. The van der Waals surface area contributed by atoms with Gasteiger partial charge in [-0.1, -0.05) is 12.1 Å². The number of amides is 1. The number of carbonyl (C=O) groups excluding carboxylic acids is 1. The van der Waals surface area contributed by atoms with E-state index in [4.69, 9.17) is 15.2 Å². The van der Waals surface area contributed by atoms with Gasteiger partial charge in [-0.3, -0.25) is 4.79 Å². The van der Waals surface area contributed by atoms with Crippen molar-refractivity contribution in [3.8, 4) is 11.5 Å². The second-order valence-corrected chi connectivity index (χ2v) is 5.04. The van der Waals surface area contributed by atoms with Crippen LogP contribution in [0.2, 0.25) is 0 Å². The fraction of sp³-hybridized carbons (Fsp3) is 0.562. The summed E-state index contributed by atoms with van der Waals surface area (Å²) in [4.78, 5) is 11.6.